The Kier molecular flexibility index (Phi) is 4.89. The number of carboxylic acids is 1. The van der Waals surface area contributed by atoms with Gasteiger partial charge in [0.15, 0.2) is 0 Å². The first-order chi connectivity index (χ1) is 9.50. The molecule has 0 aromatic carbocycles. The highest BCUT2D eigenvalue weighted by Gasteiger charge is 2.35. The van der Waals surface area contributed by atoms with Crippen molar-refractivity contribution in [3.05, 3.63) is 0 Å². The highest BCUT2D eigenvalue weighted by molar-refractivity contribution is 5.77. The fourth-order valence-electron chi connectivity index (χ4n) is 3.65. The van der Waals surface area contributed by atoms with Gasteiger partial charge in [0.25, 0.3) is 0 Å². The predicted octanol–water partition coefficient (Wildman–Crippen LogP) is 2.60. The summed E-state index contributed by atoms with van der Waals surface area (Å²) in [4.78, 5) is 25.7. The summed E-state index contributed by atoms with van der Waals surface area (Å²) in [5.74, 6) is -1.21. The van der Waals surface area contributed by atoms with Crippen LogP contribution in [-0.4, -0.2) is 40.1 Å². The predicted molar refractivity (Wildman–Crippen MR) is 76.5 cm³/mol. The second-order valence-electron chi connectivity index (χ2n) is 6.32. The van der Waals surface area contributed by atoms with E-state index in [0.717, 1.165) is 38.5 Å². The molecule has 4 atom stereocenters. The smallest absolute Gasteiger partial charge is 0.318 e. The molecule has 2 unspecified atom stereocenters. The molecule has 114 valence electrons. The van der Waals surface area contributed by atoms with E-state index in [1.807, 2.05) is 4.90 Å². The van der Waals surface area contributed by atoms with Crippen LogP contribution in [0.2, 0.25) is 0 Å². The molecule has 1 aliphatic carbocycles. The minimum absolute atomic E-state index is 0.0807. The van der Waals surface area contributed by atoms with E-state index in [2.05, 4.69) is 19.2 Å². The summed E-state index contributed by atoms with van der Waals surface area (Å²) in [6, 6.07) is 0.189. The van der Waals surface area contributed by atoms with E-state index >= 15 is 0 Å². The van der Waals surface area contributed by atoms with E-state index < -0.39 is 11.9 Å². The summed E-state index contributed by atoms with van der Waals surface area (Å²) >= 11 is 0. The number of carboxylic acid groups (broad SMARTS) is 1. The van der Waals surface area contributed by atoms with E-state index in [4.69, 9.17) is 0 Å². The Morgan fingerprint density at radius 3 is 2.20 bits per heavy atom. The average molecular weight is 282 g/mol. The van der Waals surface area contributed by atoms with Crippen LogP contribution >= 0.6 is 0 Å². The lowest BCUT2D eigenvalue weighted by Crippen LogP contribution is -2.56. The summed E-state index contributed by atoms with van der Waals surface area (Å²) < 4.78 is 0. The van der Waals surface area contributed by atoms with Crippen molar-refractivity contribution in [2.45, 2.75) is 76.9 Å². The van der Waals surface area contributed by atoms with Gasteiger partial charge in [0.1, 0.15) is 0 Å². The van der Waals surface area contributed by atoms with Crippen molar-refractivity contribution in [2.24, 2.45) is 5.92 Å². The molecule has 2 N–H and O–H groups in total. The molecule has 2 fully saturated rings. The largest absolute Gasteiger partial charge is 0.481 e. The Hall–Kier alpha value is -1.26. The summed E-state index contributed by atoms with van der Waals surface area (Å²) in [5.41, 5.74) is 0. The number of carbonyl (C=O) groups excluding carboxylic acids is 1. The van der Waals surface area contributed by atoms with Crippen LogP contribution in [0.25, 0.3) is 0 Å². The molecule has 0 aromatic rings. The van der Waals surface area contributed by atoms with E-state index in [0.29, 0.717) is 6.42 Å². The number of aliphatic carboxylic acids is 1. The van der Waals surface area contributed by atoms with Gasteiger partial charge in [-0.05, 0) is 46.0 Å². The second kappa shape index (κ2) is 6.46. The van der Waals surface area contributed by atoms with Gasteiger partial charge >= 0.3 is 12.0 Å². The van der Waals surface area contributed by atoms with Gasteiger partial charge in [-0.3, -0.25) is 4.79 Å². The number of urea groups is 1. The molecule has 1 saturated carbocycles. The fraction of sp³-hybridized carbons (Fsp3) is 0.867. The number of nitrogens with zero attached hydrogens (tertiary/aromatic N) is 1. The van der Waals surface area contributed by atoms with Gasteiger partial charge in [-0.25, -0.2) is 4.79 Å². The Morgan fingerprint density at radius 1 is 1.00 bits per heavy atom. The molecule has 2 amide bonds. The Morgan fingerprint density at radius 2 is 1.60 bits per heavy atom. The van der Waals surface area contributed by atoms with Crippen LogP contribution < -0.4 is 5.32 Å². The maximum absolute atomic E-state index is 12.5. The molecule has 0 aromatic heterocycles. The van der Waals surface area contributed by atoms with E-state index in [1.54, 1.807) is 0 Å². The van der Waals surface area contributed by atoms with Gasteiger partial charge in [0.2, 0.25) is 0 Å². The maximum Gasteiger partial charge on any atom is 0.318 e. The molecule has 0 bridgehead atoms. The highest BCUT2D eigenvalue weighted by atomic mass is 16.4. The molecule has 20 heavy (non-hydrogen) atoms. The van der Waals surface area contributed by atoms with Crippen molar-refractivity contribution in [3.8, 4) is 0 Å². The van der Waals surface area contributed by atoms with Gasteiger partial charge in [0.05, 0.1) is 5.92 Å². The monoisotopic (exact) mass is 282 g/mol. The van der Waals surface area contributed by atoms with Gasteiger partial charge < -0.3 is 15.3 Å². The molecule has 2 rings (SSSR count). The van der Waals surface area contributed by atoms with Crippen molar-refractivity contribution >= 4 is 12.0 Å². The van der Waals surface area contributed by atoms with Crippen LogP contribution in [0.4, 0.5) is 4.79 Å². The Labute approximate surface area is 120 Å². The summed E-state index contributed by atoms with van der Waals surface area (Å²) in [7, 11) is 0. The SMILES string of the molecule is C[C@@H]1CCC[C@H](C)N1C(=O)NC1CCCCC1C(=O)O. The first-order valence-corrected chi connectivity index (χ1v) is 7.82. The van der Waals surface area contributed by atoms with Crippen LogP contribution in [0.1, 0.15) is 58.8 Å². The molecule has 0 spiro atoms. The van der Waals surface area contributed by atoms with Gasteiger partial charge in [-0.15, -0.1) is 0 Å². The Balaban J connectivity index is 2.00. The molecule has 2 aliphatic rings. The van der Waals surface area contributed by atoms with Crippen molar-refractivity contribution in [3.63, 3.8) is 0 Å². The quantitative estimate of drug-likeness (QED) is 0.818. The summed E-state index contributed by atoms with van der Waals surface area (Å²) in [5, 5.41) is 12.3. The zero-order valence-corrected chi connectivity index (χ0v) is 12.5. The van der Waals surface area contributed by atoms with Crippen LogP contribution in [0.5, 0.6) is 0 Å². The van der Waals surface area contributed by atoms with Crippen molar-refractivity contribution in [2.75, 3.05) is 0 Å². The molecular weight excluding hydrogens is 256 g/mol. The number of nitrogens with one attached hydrogen (secondary N) is 1. The zero-order valence-electron chi connectivity index (χ0n) is 12.5. The summed E-state index contributed by atoms with van der Waals surface area (Å²) in [6.07, 6.45) is 6.62. The van der Waals surface area contributed by atoms with Crippen molar-refractivity contribution < 1.29 is 14.7 Å². The van der Waals surface area contributed by atoms with E-state index in [1.165, 1.54) is 0 Å². The first-order valence-electron chi connectivity index (χ1n) is 7.82. The maximum atomic E-state index is 12.5. The zero-order chi connectivity index (χ0) is 14.7. The van der Waals surface area contributed by atoms with Gasteiger partial charge in [-0.1, -0.05) is 12.8 Å². The van der Waals surface area contributed by atoms with Crippen LogP contribution in [-0.2, 0) is 4.79 Å². The summed E-state index contributed by atoms with van der Waals surface area (Å²) in [6.45, 7) is 4.15. The van der Waals surface area contributed by atoms with E-state index in [9.17, 15) is 14.7 Å². The Bertz CT molecular complexity index is 362. The number of hydrogen-bond acceptors (Lipinski definition) is 2. The lowest BCUT2D eigenvalue weighted by atomic mass is 9.84. The van der Waals surface area contributed by atoms with Crippen molar-refractivity contribution in [1.29, 1.82) is 0 Å². The second-order valence-corrected chi connectivity index (χ2v) is 6.32. The van der Waals surface area contributed by atoms with Gasteiger partial charge in [0, 0.05) is 18.1 Å². The minimum atomic E-state index is -0.783. The van der Waals surface area contributed by atoms with Gasteiger partial charge in [-0.2, -0.15) is 0 Å². The molecule has 5 heteroatoms. The molecule has 1 heterocycles. The number of rotatable bonds is 2. The third-order valence-corrected chi connectivity index (χ3v) is 4.82. The number of piperidine rings is 1. The topological polar surface area (TPSA) is 69.6 Å². The standard InChI is InChI=1S/C15H26N2O3/c1-10-6-5-7-11(2)17(10)15(20)16-13-9-4-3-8-12(13)14(18)19/h10-13H,3-9H2,1-2H3,(H,16,20)(H,18,19)/t10-,11+,12?,13?. The van der Waals surface area contributed by atoms with Crippen LogP contribution in [0.15, 0.2) is 0 Å². The minimum Gasteiger partial charge on any atom is -0.481 e. The molecule has 1 saturated heterocycles. The third-order valence-electron chi connectivity index (χ3n) is 4.82. The molecule has 5 nitrogen and oxygen atoms in total. The van der Waals surface area contributed by atoms with Crippen LogP contribution in [0.3, 0.4) is 0 Å². The van der Waals surface area contributed by atoms with Crippen LogP contribution in [0, 0.1) is 5.92 Å². The third kappa shape index (κ3) is 3.25. The molecule has 0 radical (unpaired) electrons. The van der Waals surface area contributed by atoms with E-state index in [-0.39, 0.29) is 24.2 Å². The molecule has 1 aliphatic heterocycles. The first kappa shape index (κ1) is 15.1. The average Bonchev–Trinajstić information content (AvgIpc) is 2.38. The molecular formula is C15H26N2O3. The fourth-order valence-corrected chi connectivity index (χ4v) is 3.65. The number of likely N-dealkylation sites (tertiary alicyclic amines) is 1. The number of hydrogen-bond donors (Lipinski definition) is 2. The lowest BCUT2D eigenvalue weighted by molar-refractivity contribution is -0.143. The lowest BCUT2D eigenvalue weighted by Gasteiger charge is -2.40. The number of carbonyl (C=O) groups is 2. The number of amides is 2. The van der Waals surface area contributed by atoms with Crippen molar-refractivity contribution in [1.82, 2.24) is 10.2 Å². The highest BCUT2D eigenvalue weighted by Crippen LogP contribution is 2.26. The normalized spacial score (nSPS) is 34.6.